The molecule has 0 fully saturated rings. The summed E-state index contributed by atoms with van der Waals surface area (Å²) < 4.78 is 42.5. The van der Waals surface area contributed by atoms with Gasteiger partial charge in [0.1, 0.15) is 17.9 Å². The van der Waals surface area contributed by atoms with Crippen molar-refractivity contribution in [3.63, 3.8) is 0 Å². The van der Waals surface area contributed by atoms with Crippen LogP contribution in [0.4, 0.5) is 19.0 Å². The van der Waals surface area contributed by atoms with Gasteiger partial charge >= 0.3 is 6.36 Å². The Bertz CT molecular complexity index is 999. The van der Waals surface area contributed by atoms with Gasteiger partial charge in [-0.05, 0) is 24.6 Å². The third-order valence-corrected chi connectivity index (χ3v) is 3.69. The van der Waals surface area contributed by atoms with Gasteiger partial charge in [-0.25, -0.2) is 4.98 Å². The monoisotopic (exact) mass is 366 g/mol. The fraction of sp³-hybridized carbons (Fsp3) is 0.200. The highest BCUT2D eigenvalue weighted by molar-refractivity contribution is 5.95. The van der Waals surface area contributed by atoms with Crippen molar-refractivity contribution in [1.29, 1.82) is 0 Å². The van der Waals surface area contributed by atoms with Gasteiger partial charge in [0, 0.05) is 17.7 Å². The number of carbonyl (C=O) groups is 1. The number of aromatic nitrogens is 4. The number of hydrogen-bond donors (Lipinski definition) is 2. The van der Waals surface area contributed by atoms with Crippen molar-refractivity contribution in [3.8, 4) is 5.75 Å². The second-order valence-corrected chi connectivity index (χ2v) is 5.45. The van der Waals surface area contributed by atoms with Crippen LogP contribution >= 0.6 is 0 Å². The topological polar surface area (TPSA) is 121 Å². The van der Waals surface area contributed by atoms with E-state index in [-0.39, 0.29) is 12.0 Å². The first-order chi connectivity index (χ1) is 12.2. The average Bonchev–Trinajstić information content (AvgIpc) is 2.99. The number of rotatable bonds is 4. The van der Waals surface area contributed by atoms with E-state index in [2.05, 4.69) is 19.8 Å². The maximum absolute atomic E-state index is 12.4. The van der Waals surface area contributed by atoms with E-state index in [9.17, 15) is 18.0 Å². The Balaban J connectivity index is 2.01. The first-order valence-corrected chi connectivity index (χ1v) is 7.29. The van der Waals surface area contributed by atoms with Crippen LogP contribution in [0.1, 0.15) is 27.2 Å². The number of primary amides is 1. The standard InChI is InChI=1S/C15H13F3N6O2/c1-7-9(12(19)24-14(23-7)21-6-22-24)4-8-2-3-11(26-15(16,17)18)10(5-8)13(20)25/h2-3,5-6H,4,19H2,1H3,(H2,20,25). The van der Waals surface area contributed by atoms with Gasteiger partial charge in [-0.3, -0.25) is 4.79 Å². The molecule has 0 atom stereocenters. The molecule has 4 N–H and O–H groups in total. The lowest BCUT2D eigenvalue weighted by Crippen LogP contribution is -2.21. The molecule has 3 aromatic rings. The molecular weight excluding hydrogens is 353 g/mol. The van der Waals surface area contributed by atoms with E-state index < -0.39 is 18.0 Å². The van der Waals surface area contributed by atoms with Crippen molar-refractivity contribution in [3.05, 3.63) is 46.9 Å². The van der Waals surface area contributed by atoms with Gasteiger partial charge < -0.3 is 16.2 Å². The lowest BCUT2D eigenvalue weighted by molar-refractivity contribution is -0.274. The summed E-state index contributed by atoms with van der Waals surface area (Å²) in [6.45, 7) is 1.72. The third kappa shape index (κ3) is 3.36. The largest absolute Gasteiger partial charge is 0.573 e. The quantitative estimate of drug-likeness (QED) is 0.723. The first kappa shape index (κ1) is 17.5. The summed E-state index contributed by atoms with van der Waals surface area (Å²) >= 11 is 0. The lowest BCUT2D eigenvalue weighted by atomic mass is 10.0. The zero-order valence-electron chi connectivity index (χ0n) is 13.4. The Morgan fingerprint density at radius 2 is 2.08 bits per heavy atom. The normalized spacial score (nSPS) is 11.7. The molecule has 136 valence electrons. The summed E-state index contributed by atoms with van der Waals surface area (Å²) in [5.74, 6) is -1.08. The van der Waals surface area contributed by atoms with Crippen molar-refractivity contribution in [1.82, 2.24) is 19.6 Å². The molecule has 0 unspecified atom stereocenters. The number of hydrogen-bond acceptors (Lipinski definition) is 6. The number of aryl methyl sites for hydroxylation is 1. The highest BCUT2D eigenvalue weighted by atomic mass is 19.4. The van der Waals surface area contributed by atoms with Crippen LogP contribution in [-0.2, 0) is 6.42 Å². The molecule has 0 bridgehead atoms. The number of ether oxygens (including phenoxy) is 1. The molecule has 0 saturated heterocycles. The average molecular weight is 366 g/mol. The van der Waals surface area contributed by atoms with E-state index in [0.717, 1.165) is 6.07 Å². The molecule has 1 aromatic carbocycles. The number of alkyl halides is 3. The maximum Gasteiger partial charge on any atom is 0.573 e. The highest BCUT2D eigenvalue weighted by Crippen LogP contribution is 2.28. The van der Waals surface area contributed by atoms with E-state index >= 15 is 0 Å². The van der Waals surface area contributed by atoms with Gasteiger partial charge in [0.15, 0.2) is 0 Å². The number of carbonyl (C=O) groups excluding carboxylic acids is 1. The SMILES string of the molecule is Cc1nc2ncnn2c(N)c1Cc1ccc(OC(F)(F)F)c(C(N)=O)c1. The van der Waals surface area contributed by atoms with Crippen LogP contribution in [-0.4, -0.2) is 31.9 Å². The van der Waals surface area contributed by atoms with Crippen LogP contribution in [0.25, 0.3) is 5.78 Å². The molecular formula is C15H13F3N6O2. The first-order valence-electron chi connectivity index (χ1n) is 7.29. The summed E-state index contributed by atoms with van der Waals surface area (Å²) in [5, 5.41) is 3.96. The van der Waals surface area contributed by atoms with Crippen molar-refractivity contribution in [2.75, 3.05) is 5.73 Å². The zero-order valence-corrected chi connectivity index (χ0v) is 13.4. The van der Waals surface area contributed by atoms with Crippen LogP contribution in [0.2, 0.25) is 0 Å². The number of anilines is 1. The van der Waals surface area contributed by atoms with Crippen LogP contribution in [0, 0.1) is 6.92 Å². The minimum absolute atomic E-state index is 0.201. The minimum Gasteiger partial charge on any atom is -0.405 e. The fourth-order valence-electron chi connectivity index (χ4n) is 2.53. The fourth-order valence-corrected chi connectivity index (χ4v) is 2.53. The number of nitrogens with two attached hydrogens (primary N) is 2. The number of benzene rings is 1. The molecule has 0 saturated carbocycles. The molecule has 26 heavy (non-hydrogen) atoms. The van der Waals surface area contributed by atoms with E-state index in [1.807, 2.05) is 0 Å². The Labute approximate surface area is 144 Å². The second kappa shape index (κ2) is 6.17. The van der Waals surface area contributed by atoms with E-state index in [0.29, 0.717) is 28.4 Å². The van der Waals surface area contributed by atoms with Gasteiger partial charge in [-0.1, -0.05) is 6.07 Å². The van der Waals surface area contributed by atoms with E-state index in [4.69, 9.17) is 11.5 Å². The summed E-state index contributed by atoms with van der Waals surface area (Å²) in [6.07, 6.45) is -3.43. The molecule has 0 aliphatic heterocycles. The maximum atomic E-state index is 12.4. The number of halogens is 3. The highest BCUT2D eigenvalue weighted by Gasteiger charge is 2.32. The Morgan fingerprint density at radius 1 is 1.35 bits per heavy atom. The number of nitrogens with zero attached hydrogens (tertiary/aromatic N) is 4. The number of nitrogen functional groups attached to an aromatic ring is 1. The Kier molecular flexibility index (Phi) is 4.14. The summed E-state index contributed by atoms with van der Waals surface area (Å²) in [4.78, 5) is 19.7. The zero-order chi connectivity index (χ0) is 19.1. The molecule has 0 aliphatic carbocycles. The minimum atomic E-state index is -4.94. The predicted molar refractivity (Wildman–Crippen MR) is 84.4 cm³/mol. The summed E-state index contributed by atoms with van der Waals surface area (Å²) in [7, 11) is 0. The molecule has 3 rings (SSSR count). The van der Waals surface area contributed by atoms with Crippen molar-refractivity contribution >= 4 is 17.5 Å². The van der Waals surface area contributed by atoms with Crippen LogP contribution in [0.3, 0.4) is 0 Å². The van der Waals surface area contributed by atoms with E-state index in [1.165, 1.54) is 23.0 Å². The smallest absolute Gasteiger partial charge is 0.405 e. The Hall–Kier alpha value is -3.37. The third-order valence-electron chi connectivity index (χ3n) is 3.69. The number of fused-ring (bicyclic) bond motifs is 1. The van der Waals surface area contributed by atoms with E-state index in [1.54, 1.807) is 6.92 Å². The molecule has 1 amide bonds. The van der Waals surface area contributed by atoms with Gasteiger partial charge in [0.2, 0.25) is 0 Å². The summed E-state index contributed by atoms with van der Waals surface area (Å²) in [5.41, 5.74) is 12.6. The second-order valence-electron chi connectivity index (χ2n) is 5.45. The van der Waals surface area contributed by atoms with Gasteiger partial charge in [0.05, 0.1) is 5.56 Å². The van der Waals surface area contributed by atoms with Crippen molar-refractivity contribution < 1.29 is 22.7 Å². The van der Waals surface area contributed by atoms with Crippen LogP contribution in [0.15, 0.2) is 24.5 Å². The molecule has 8 nitrogen and oxygen atoms in total. The van der Waals surface area contributed by atoms with Crippen molar-refractivity contribution in [2.45, 2.75) is 19.7 Å². The van der Waals surface area contributed by atoms with Gasteiger partial charge in [0.25, 0.3) is 11.7 Å². The van der Waals surface area contributed by atoms with Gasteiger partial charge in [-0.2, -0.15) is 14.6 Å². The molecule has 0 spiro atoms. The van der Waals surface area contributed by atoms with Gasteiger partial charge in [-0.15, -0.1) is 13.2 Å². The predicted octanol–water partition coefficient (Wildman–Crippen LogP) is 1.60. The lowest BCUT2D eigenvalue weighted by Gasteiger charge is -2.14. The molecule has 0 radical (unpaired) electrons. The number of amides is 1. The molecule has 2 aromatic heterocycles. The molecule has 0 aliphatic rings. The van der Waals surface area contributed by atoms with Crippen LogP contribution < -0.4 is 16.2 Å². The summed E-state index contributed by atoms with van der Waals surface area (Å²) in [6, 6.07) is 3.65. The Morgan fingerprint density at radius 3 is 2.73 bits per heavy atom. The molecule has 2 heterocycles. The van der Waals surface area contributed by atoms with Crippen LogP contribution in [0.5, 0.6) is 5.75 Å². The molecule has 11 heteroatoms. The van der Waals surface area contributed by atoms with Crippen molar-refractivity contribution in [2.24, 2.45) is 5.73 Å².